The number of ether oxygens (including phenoxy) is 1. The third-order valence-corrected chi connectivity index (χ3v) is 6.11. The van der Waals surface area contributed by atoms with E-state index in [1.807, 2.05) is 38.3 Å². The number of carbonyl (C=O) groups excluding carboxylic acids is 4. The van der Waals surface area contributed by atoms with E-state index < -0.39 is 18.1 Å². The summed E-state index contributed by atoms with van der Waals surface area (Å²) < 4.78 is 4.75. The molecule has 0 spiro atoms. The van der Waals surface area contributed by atoms with E-state index in [0.717, 1.165) is 16.9 Å². The summed E-state index contributed by atoms with van der Waals surface area (Å²) in [4.78, 5) is 48.4. The van der Waals surface area contributed by atoms with E-state index in [4.69, 9.17) is 10.5 Å². The Morgan fingerprint density at radius 1 is 1.09 bits per heavy atom. The largest absolute Gasteiger partial charge is 0.467 e. The summed E-state index contributed by atoms with van der Waals surface area (Å²) in [5.41, 5.74) is 8.67. The average Bonchev–Trinajstić information content (AvgIpc) is 2.81. The van der Waals surface area contributed by atoms with Gasteiger partial charge in [-0.1, -0.05) is 26.0 Å². The number of nitrogen functional groups attached to an aromatic ring is 1. The first-order valence-electron chi connectivity index (χ1n) is 11.9. The van der Waals surface area contributed by atoms with Crippen LogP contribution in [-0.4, -0.2) is 61.4 Å². The van der Waals surface area contributed by atoms with E-state index in [0.29, 0.717) is 37.9 Å². The Balaban J connectivity index is 2.54. The molecule has 0 aliphatic heterocycles. The number of methoxy groups -OCH3 is 1. The van der Waals surface area contributed by atoms with Gasteiger partial charge in [-0.05, 0) is 54.4 Å². The maximum Gasteiger partial charge on any atom is 0.328 e. The molecule has 0 saturated carbocycles. The van der Waals surface area contributed by atoms with Crippen molar-refractivity contribution in [1.29, 1.82) is 0 Å². The molecule has 0 fully saturated rings. The molecule has 0 aliphatic rings. The van der Waals surface area contributed by atoms with Crippen molar-refractivity contribution in [2.75, 3.05) is 31.4 Å². The second kappa shape index (κ2) is 16.0. The minimum absolute atomic E-state index is 0.228. The molecule has 0 bridgehead atoms. The number of anilines is 1. The predicted molar refractivity (Wildman–Crippen MR) is 140 cm³/mol. The van der Waals surface area contributed by atoms with Crippen LogP contribution in [0.25, 0.3) is 0 Å². The summed E-state index contributed by atoms with van der Waals surface area (Å²) in [7, 11) is 1.30. The minimum atomic E-state index is -0.711. The number of amides is 3. The Bertz CT molecular complexity index is 862. The molecule has 0 aliphatic carbocycles. The summed E-state index contributed by atoms with van der Waals surface area (Å²) in [6.45, 7) is 5.84. The number of hydrogen-bond donors (Lipinski definition) is 4. The van der Waals surface area contributed by atoms with Gasteiger partial charge in [0.1, 0.15) is 12.1 Å². The van der Waals surface area contributed by atoms with Gasteiger partial charge in [-0.3, -0.25) is 14.4 Å². The average molecular weight is 509 g/mol. The Labute approximate surface area is 212 Å². The highest BCUT2D eigenvalue weighted by atomic mass is 32.2. The molecule has 0 heterocycles. The first kappa shape index (κ1) is 30.3. The van der Waals surface area contributed by atoms with Crippen LogP contribution in [0, 0.1) is 0 Å². The monoisotopic (exact) mass is 508 g/mol. The maximum absolute atomic E-state index is 12.7. The van der Waals surface area contributed by atoms with Crippen molar-refractivity contribution in [3.63, 3.8) is 0 Å². The topological polar surface area (TPSA) is 140 Å². The molecule has 5 N–H and O–H groups in total. The van der Waals surface area contributed by atoms with Gasteiger partial charge >= 0.3 is 5.97 Å². The van der Waals surface area contributed by atoms with Gasteiger partial charge < -0.3 is 26.4 Å². The van der Waals surface area contributed by atoms with Crippen LogP contribution in [0.3, 0.4) is 0 Å². The van der Waals surface area contributed by atoms with Crippen molar-refractivity contribution in [2.24, 2.45) is 0 Å². The Kier molecular flexibility index (Phi) is 13.9. The van der Waals surface area contributed by atoms with Gasteiger partial charge in [-0.2, -0.15) is 11.8 Å². The number of nitrogens with two attached hydrogens (primary N) is 1. The summed E-state index contributed by atoms with van der Waals surface area (Å²) in [6.07, 6.45) is 4.15. The fourth-order valence-corrected chi connectivity index (χ4v) is 4.05. The van der Waals surface area contributed by atoms with Gasteiger partial charge in [0.2, 0.25) is 17.7 Å². The van der Waals surface area contributed by atoms with E-state index in [1.165, 1.54) is 14.0 Å². The smallest absolute Gasteiger partial charge is 0.328 e. The standard InChI is InChI=1S/C25H40N4O5S/c1-16(2)19-14-18(9-10-20(19)26)15-22(28-17(3)30)24(32)27-12-7-6-8-23(31)29-21(11-13-35-5)25(33)34-4/h9-10,14,16,21-22H,6-8,11-13,15,26H2,1-5H3,(H,27,32)(H,28,30)(H,29,31). The van der Waals surface area contributed by atoms with Gasteiger partial charge in [-0.25, -0.2) is 4.79 Å². The number of carbonyl (C=O) groups is 4. The molecule has 35 heavy (non-hydrogen) atoms. The molecule has 0 radical (unpaired) electrons. The number of thioether (sulfide) groups is 1. The first-order valence-corrected chi connectivity index (χ1v) is 13.3. The fraction of sp³-hybridized carbons (Fsp3) is 0.600. The van der Waals surface area contributed by atoms with Crippen LogP contribution >= 0.6 is 11.8 Å². The summed E-state index contributed by atoms with van der Waals surface area (Å²) in [5, 5.41) is 8.27. The Hall–Kier alpha value is -2.75. The molecule has 9 nitrogen and oxygen atoms in total. The third kappa shape index (κ3) is 11.5. The highest BCUT2D eigenvalue weighted by Crippen LogP contribution is 2.23. The summed E-state index contributed by atoms with van der Waals surface area (Å²) in [5.74, 6) is -0.276. The Morgan fingerprint density at radius 3 is 2.40 bits per heavy atom. The molecule has 0 saturated heterocycles. The van der Waals surface area contributed by atoms with Gasteiger partial charge in [-0.15, -0.1) is 0 Å². The van der Waals surface area contributed by atoms with Gasteiger partial charge in [0.15, 0.2) is 0 Å². The number of hydrogen-bond acceptors (Lipinski definition) is 7. The highest BCUT2D eigenvalue weighted by molar-refractivity contribution is 7.98. The van der Waals surface area contributed by atoms with E-state index in [1.54, 1.807) is 11.8 Å². The second-order valence-electron chi connectivity index (χ2n) is 8.75. The molecule has 1 aromatic carbocycles. The molecule has 0 aromatic heterocycles. The van der Waals surface area contributed by atoms with E-state index in [-0.39, 0.29) is 30.1 Å². The number of nitrogens with one attached hydrogen (secondary N) is 3. The van der Waals surface area contributed by atoms with Gasteiger partial charge in [0.05, 0.1) is 7.11 Å². The zero-order valence-electron chi connectivity index (χ0n) is 21.4. The third-order valence-electron chi connectivity index (χ3n) is 5.47. The van der Waals surface area contributed by atoms with Crippen LogP contribution < -0.4 is 21.7 Å². The highest BCUT2D eigenvalue weighted by Gasteiger charge is 2.22. The Morgan fingerprint density at radius 2 is 1.80 bits per heavy atom. The maximum atomic E-state index is 12.7. The quantitative estimate of drug-likeness (QED) is 0.162. The van der Waals surface area contributed by atoms with Crippen molar-refractivity contribution in [3.8, 4) is 0 Å². The van der Waals surface area contributed by atoms with Crippen molar-refractivity contribution in [1.82, 2.24) is 16.0 Å². The van der Waals surface area contributed by atoms with Crippen molar-refractivity contribution >= 4 is 41.1 Å². The normalized spacial score (nSPS) is 12.5. The molecule has 196 valence electrons. The molecule has 3 amide bonds. The lowest BCUT2D eigenvalue weighted by molar-refractivity contribution is -0.145. The van der Waals surface area contributed by atoms with Crippen LogP contribution in [0.4, 0.5) is 5.69 Å². The number of rotatable bonds is 15. The van der Waals surface area contributed by atoms with Crippen LogP contribution in [0.5, 0.6) is 0 Å². The number of unbranched alkanes of at least 4 members (excludes halogenated alkanes) is 1. The zero-order valence-corrected chi connectivity index (χ0v) is 22.3. The summed E-state index contributed by atoms with van der Waals surface area (Å²) in [6, 6.07) is 4.30. The van der Waals surface area contributed by atoms with Crippen LogP contribution in [-0.2, 0) is 30.3 Å². The lowest BCUT2D eigenvalue weighted by Gasteiger charge is -2.19. The van der Waals surface area contributed by atoms with Gasteiger partial charge in [0.25, 0.3) is 0 Å². The molecule has 10 heteroatoms. The predicted octanol–water partition coefficient (Wildman–Crippen LogP) is 2.14. The van der Waals surface area contributed by atoms with Crippen molar-refractivity contribution < 1.29 is 23.9 Å². The van der Waals surface area contributed by atoms with E-state index in [9.17, 15) is 19.2 Å². The molecule has 1 rings (SSSR count). The molecule has 1 aromatic rings. The molecular formula is C25H40N4O5S. The van der Waals surface area contributed by atoms with Crippen LogP contribution in [0.15, 0.2) is 18.2 Å². The van der Waals surface area contributed by atoms with Crippen molar-refractivity contribution in [2.45, 2.75) is 70.9 Å². The lowest BCUT2D eigenvalue weighted by Crippen LogP contribution is -2.47. The van der Waals surface area contributed by atoms with E-state index >= 15 is 0 Å². The van der Waals surface area contributed by atoms with Gasteiger partial charge in [0, 0.05) is 32.0 Å². The second-order valence-corrected chi connectivity index (χ2v) is 9.73. The zero-order chi connectivity index (χ0) is 26.4. The van der Waals surface area contributed by atoms with Crippen LogP contribution in [0.1, 0.15) is 63.5 Å². The number of esters is 1. The van der Waals surface area contributed by atoms with Crippen LogP contribution in [0.2, 0.25) is 0 Å². The lowest BCUT2D eigenvalue weighted by atomic mass is 9.96. The molecular weight excluding hydrogens is 468 g/mol. The molecule has 2 atom stereocenters. The summed E-state index contributed by atoms with van der Waals surface area (Å²) >= 11 is 1.59. The fourth-order valence-electron chi connectivity index (χ4n) is 3.58. The first-order chi connectivity index (χ1) is 16.6. The van der Waals surface area contributed by atoms with E-state index in [2.05, 4.69) is 16.0 Å². The minimum Gasteiger partial charge on any atom is -0.467 e. The number of benzene rings is 1. The molecule has 2 unspecified atom stereocenters. The van der Waals surface area contributed by atoms with Crippen molar-refractivity contribution in [3.05, 3.63) is 29.3 Å². The SMILES string of the molecule is COC(=O)C(CCSC)NC(=O)CCCCNC(=O)C(Cc1ccc(N)c(C(C)C)c1)NC(C)=O.